The molecule has 0 saturated heterocycles. The first-order chi connectivity index (χ1) is 10.5. The first kappa shape index (κ1) is 14.6. The van der Waals surface area contributed by atoms with Crippen LogP contribution in [0, 0.1) is 9.39 Å². The minimum Gasteiger partial charge on any atom is -0.366 e. The maximum absolute atomic E-state index is 14.3. The summed E-state index contributed by atoms with van der Waals surface area (Å²) in [6.45, 7) is 0. The van der Waals surface area contributed by atoms with Gasteiger partial charge < -0.3 is 10.7 Å². The Bertz CT molecular complexity index is 920. The molecule has 0 atom stereocenters. The first-order valence-corrected chi connectivity index (χ1v) is 7.32. The third-order valence-electron chi connectivity index (χ3n) is 3.25. The van der Waals surface area contributed by atoms with Crippen LogP contribution in [0.4, 0.5) is 4.39 Å². The molecule has 1 aromatic carbocycles. The van der Waals surface area contributed by atoms with E-state index in [1.807, 2.05) is 0 Å². The van der Waals surface area contributed by atoms with E-state index < -0.39 is 17.5 Å². The SMILES string of the molecule is NC(=O)c1cccc(C(=O)c2c[nH]c3ncc(I)cc23)c1F. The van der Waals surface area contributed by atoms with Crippen molar-refractivity contribution in [1.29, 1.82) is 0 Å². The lowest BCUT2D eigenvalue weighted by atomic mass is 10.0. The molecular weight excluding hydrogens is 400 g/mol. The molecule has 0 bridgehead atoms. The number of aromatic amines is 1. The maximum Gasteiger partial charge on any atom is 0.251 e. The fourth-order valence-electron chi connectivity index (χ4n) is 2.21. The predicted octanol–water partition coefficient (Wildman–Crippen LogP) is 2.64. The van der Waals surface area contributed by atoms with Crippen LogP contribution in [0.25, 0.3) is 11.0 Å². The largest absolute Gasteiger partial charge is 0.366 e. The minimum atomic E-state index is -0.915. The highest BCUT2D eigenvalue weighted by atomic mass is 127. The number of ketones is 1. The molecule has 7 heteroatoms. The molecule has 110 valence electrons. The van der Waals surface area contributed by atoms with Crippen LogP contribution in [0.3, 0.4) is 0 Å². The van der Waals surface area contributed by atoms with E-state index in [9.17, 15) is 14.0 Å². The van der Waals surface area contributed by atoms with Crippen LogP contribution in [0.5, 0.6) is 0 Å². The Morgan fingerprint density at radius 1 is 1.23 bits per heavy atom. The molecule has 0 saturated carbocycles. The minimum absolute atomic E-state index is 0.198. The van der Waals surface area contributed by atoms with E-state index in [0.717, 1.165) is 3.57 Å². The molecule has 0 aliphatic heterocycles. The van der Waals surface area contributed by atoms with Crippen molar-refractivity contribution in [3.8, 4) is 0 Å². The van der Waals surface area contributed by atoms with Crippen LogP contribution in [0.2, 0.25) is 0 Å². The number of halogens is 2. The van der Waals surface area contributed by atoms with Crippen LogP contribution in [0.15, 0.2) is 36.7 Å². The standard InChI is InChI=1S/C15H9FIN3O2/c16-12-8(2-1-3-9(12)14(18)22)13(21)11-6-20-15-10(11)4-7(17)5-19-15/h1-6H,(H2,18,22)(H,19,20). The van der Waals surface area contributed by atoms with Gasteiger partial charge in [-0.05, 0) is 40.8 Å². The van der Waals surface area contributed by atoms with Crippen LogP contribution in [-0.2, 0) is 0 Å². The Labute approximate surface area is 137 Å². The van der Waals surface area contributed by atoms with E-state index in [0.29, 0.717) is 16.6 Å². The molecule has 3 rings (SSSR count). The summed E-state index contributed by atoms with van der Waals surface area (Å²) in [6, 6.07) is 5.77. The normalized spacial score (nSPS) is 10.8. The van der Waals surface area contributed by atoms with Gasteiger partial charge >= 0.3 is 0 Å². The van der Waals surface area contributed by atoms with Gasteiger partial charge in [0.25, 0.3) is 5.91 Å². The number of primary amides is 1. The molecule has 5 nitrogen and oxygen atoms in total. The van der Waals surface area contributed by atoms with Crippen molar-refractivity contribution < 1.29 is 14.0 Å². The van der Waals surface area contributed by atoms with Gasteiger partial charge in [0.2, 0.25) is 0 Å². The molecule has 0 radical (unpaired) electrons. The molecule has 0 aliphatic rings. The summed E-state index contributed by atoms with van der Waals surface area (Å²) in [5.74, 6) is -2.36. The van der Waals surface area contributed by atoms with Crippen LogP contribution < -0.4 is 5.73 Å². The number of H-pyrrole nitrogens is 1. The number of nitrogens with zero attached hydrogens (tertiary/aromatic N) is 1. The number of hydrogen-bond donors (Lipinski definition) is 2. The second-order valence-electron chi connectivity index (χ2n) is 4.61. The summed E-state index contributed by atoms with van der Waals surface area (Å²) in [4.78, 5) is 30.8. The van der Waals surface area contributed by atoms with E-state index >= 15 is 0 Å². The Morgan fingerprint density at radius 2 is 1.95 bits per heavy atom. The van der Waals surface area contributed by atoms with Gasteiger partial charge in [0.15, 0.2) is 5.78 Å². The van der Waals surface area contributed by atoms with Gasteiger partial charge in [-0.1, -0.05) is 6.07 Å². The summed E-state index contributed by atoms with van der Waals surface area (Å²) in [5.41, 5.74) is 5.43. The van der Waals surface area contributed by atoms with Gasteiger partial charge in [-0.3, -0.25) is 9.59 Å². The number of fused-ring (bicyclic) bond motifs is 1. The molecule has 0 fully saturated rings. The lowest BCUT2D eigenvalue weighted by Gasteiger charge is -2.05. The van der Waals surface area contributed by atoms with E-state index in [4.69, 9.17) is 5.73 Å². The summed E-state index contributed by atoms with van der Waals surface area (Å²) in [5, 5.41) is 0.598. The third kappa shape index (κ3) is 2.37. The zero-order chi connectivity index (χ0) is 15.9. The Hall–Kier alpha value is -2.29. The second kappa shape index (κ2) is 5.48. The van der Waals surface area contributed by atoms with Gasteiger partial charge in [0.05, 0.1) is 11.1 Å². The topological polar surface area (TPSA) is 88.8 Å². The Balaban J connectivity index is 2.16. The van der Waals surface area contributed by atoms with Gasteiger partial charge in [-0.2, -0.15) is 0 Å². The van der Waals surface area contributed by atoms with Crippen molar-refractivity contribution in [3.63, 3.8) is 0 Å². The number of nitrogens with two attached hydrogens (primary N) is 1. The highest BCUT2D eigenvalue weighted by Crippen LogP contribution is 2.23. The molecule has 3 N–H and O–H groups in total. The zero-order valence-electron chi connectivity index (χ0n) is 11.1. The molecular formula is C15H9FIN3O2. The molecule has 22 heavy (non-hydrogen) atoms. The predicted molar refractivity (Wildman–Crippen MR) is 87.2 cm³/mol. The molecule has 2 heterocycles. The fourth-order valence-corrected chi connectivity index (χ4v) is 2.66. The van der Waals surface area contributed by atoms with Gasteiger partial charge in [-0.15, -0.1) is 0 Å². The fraction of sp³-hybridized carbons (Fsp3) is 0. The monoisotopic (exact) mass is 409 g/mol. The van der Waals surface area contributed by atoms with Crippen molar-refractivity contribution >= 4 is 45.3 Å². The average Bonchev–Trinajstić information content (AvgIpc) is 2.89. The molecule has 0 aliphatic carbocycles. The number of rotatable bonds is 3. The maximum atomic E-state index is 14.3. The van der Waals surface area contributed by atoms with E-state index in [-0.39, 0.29) is 11.1 Å². The van der Waals surface area contributed by atoms with E-state index in [1.54, 1.807) is 12.3 Å². The lowest BCUT2D eigenvalue weighted by molar-refractivity contribution is 0.0996. The van der Waals surface area contributed by atoms with Crippen LogP contribution in [0.1, 0.15) is 26.3 Å². The van der Waals surface area contributed by atoms with Crippen molar-refractivity contribution in [3.05, 3.63) is 62.7 Å². The summed E-state index contributed by atoms with van der Waals surface area (Å²) in [7, 11) is 0. The lowest BCUT2D eigenvalue weighted by Crippen LogP contribution is -2.16. The summed E-state index contributed by atoms with van der Waals surface area (Å²) < 4.78 is 15.1. The number of benzene rings is 1. The van der Waals surface area contributed by atoms with Crippen molar-refractivity contribution in [2.24, 2.45) is 5.73 Å². The molecule has 2 aromatic heterocycles. The van der Waals surface area contributed by atoms with Crippen molar-refractivity contribution in [1.82, 2.24) is 9.97 Å². The van der Waals surface area contributed by atoms with Crippen molar-refractivity contribution in [2.45, 2.75) is 0 Å². The van der Waals surface area contributed by atoms with Crippen molar-refractivity contribution in [2.75, 3.05) is 0 Å². The van der Waals surface area contributed by atoms with Gasteiger partial charge in [0.1, 0.15) is 11.5 Å². The van der Waals surface area contributed by atoms with Gasteiger partial charge in [0, 0.05) is 26.9 Å². The smallest absolute Gasteiger partial charge is 0.251 e. The first-order valence-electron chi connectivity index (χ1n) is 6.24. The van der Waals surface area contributed by atoms with E-state index in [2.05, 4.69) is 32.6 Å². The molecule has 0 unspecified atom stereocenters. The Kier molecular flexibility index (Phi) is 3.65. The Morgan fingerprint density at radius 3 is 2.68 bits per heavy atom. The highest BCUT2D eigenvalue weighted by Gasteiger charge is 2.21. The molecule has 1 amide bonds. The average molecular weight is 409 g/mol. The van der Waals surface area contributed by atoms with Crippen LogP contribution in [-0.4, -0.2) is 21.7 Å². The molecule has 3 aromatic rings. The number of pyridine rings is 1. The molecule has 0 spiro atoms. The number of hydrogen-bond acceptors (Lipinski definition) is 3. The van der Waals surface area contributed by atoms with Gasteiger partial charge in [-0.25, -0.2) is 9.37 Å². The second-order valence-corrected chi connectivity index (χ2v) is 5.86. The highest BCUT2D eigenvalue weighted by molar-refractivity contribution is 14.1. The summed E-state index contributed by atoms with van der Waals surface area (Å²) in [6.07, 6.45) is 3.13. The summed E-state index contributed by atoms with van der Waals surface area (Å²) >= 11 is 2.08. The third-order valence-corrected chi connectivity index (χ3v) is 3.84. The van der Waals surface area contributed by atoms with Crippen LogP contribution >= 0.6 is 22.6 Å². The number of amides is 1. The number of nitrogens with one attached hydrogen (secondary N) is 1. The number of carbonyl (C=O) groups is 2. The van der Waals surface area contributed by atoms with E-state index in [1.165, 1.54) is 24.4 Å². The zero-order valence-corrected chi connectivity index (χ0v) is 13.2. The number of aromatic nitrogens is 2. The number of carbonyl (C=O) groups excluding carboxylic acids is 2. The quantitative estimate of drug-likeness (QED) is 0.515.